The molecular weight excluding hydrogens is 412 g/mol. The van der Waals surface area contributed by atoms with Gasteiger partial charge in [-0.25, -0.2) is 0 Å². The number of benzene rings is 2. The number of aliphatic imine (C=N–C) groups is 1. The lowest BCUT2D eigenvalue weighted by molar-refractivity contribution is 0.270. The molecule has 1 atom stereocenters. The van der Waals surface area contributed by atoms with Gasteiger partial charge in [0, 0.05) is 28.9 Å². The van der Waals surface area contributed by atoms with E-state index in [1.165, 1.54) is 5.56 Å². The van der Waals surface area contributed by atoms with E-state index in [2.05, 4.69) is 58.6 Å². The Morgan fingerprint density at radius 2 is 1.94 bits per heavy atom. The Balaban J connectivity index is 1.40. The first-order chi connectivity index (χ1) is 16.1. The molecule has 0 unspecified atom stereocenters. The van der Waals surface area contributed by atoms with Gasteiger partial charge in [-0.15, -0.1) is 0 Å². The zero-order chi connectivity index (χ0) is 22.8. The molecule has 0 saturated carbocycles. The lowest BCUT2D eigenvalue weighted by Crippen LogP contribution is -2.29. The van der Waals surface area contributed by atoms with Gasteiger partial charge >= 0.3 is 0 Å². The summed E-state index contributed by atoms with van der Waals surface area (Å²) in [4.78, 5) is 9.10. The number of fused-ring (bicyclic) bond motifs is 2. The molecule has 1 aliphatic heterocycles. The van der Waals surface area contributed by atoms with Crippen molar-refractivity contribution in [3.63, 3.8) is 0 Å². The summed E-state index contributed by atoms with van der Waals surface area (Å²) in [6.45, 7) is 5.43. The van der Waals surface area contributed by atoms with Crippen LogP contribution in [0.4, 0.5) is 5.69 Å². The fourth-order valence-electron chi connectivity index (χ4n) is 4.15. The van der Waals surface area contributed by atoms with Gasteiger partial charge in [-0.1, -0.05) is 38.1 Å². The normalized spacial score (nSPS) is 14.0. The molecule has 0 bridgehead atoms. The van der Waals surface area contributed by atoms with Crippen LogP contribution >= 0.6 is 0 Å². The number of hydrogen-bond donors (Lipinski definition) is 3. The number of rotatable bonds is 7. The smallest absolute Gasteiger partial charge is 0.154 e. The number of nitrogens with one attached hydrogen (secondary N) is 2. The largest absolute Gasteiger partial charge is 0.490 e. The van der Waals surface area contributed by atoms with Crippen LogP contribution in [0, 0.1) is 5.92 Å². The quantitative estimate of drug-likeness (QED) is 0.385. The second kappa shape index (κ2) is 9.03. The van der Waals surface area contributed by atoms with Gasteiger partial charge in [-0.05, 0) is 47.7 Å². The summed E-state index contributed by atoms with van der Waals surface area (Å²) < 4.78 is 5.92. The standard InChI is InChI=1S/C26H28N6O/c1-16(2)9-20(27)15-33-21-10-19(12-28-14-21)17-7-8-24-22(11-17)25(32-31-24)26-29-13-18-5-3-4-6-23(18)30-26/h3-8,10-12,14,16,20H,9,13,15,27H2,1-2H3,(H,29,30)(H,31,32)/t20-/m0/s1. The number of aromatic nitrogens is 3. The lowest BCUT2D eigenvalue weighted by Gasteiger charge is -2.17. The van der Waals surface area contributed by atoms with Crippen LogP contribution in [-0.4, -0.2) is 33.7 Å². The van der Waals surface area contributed by atoms with E-state index in [0.717, 1.165) is 45.7 Å². The fourth-order valence-corrected chi connectivity index (χ4v) is 4.15. The molecule has 2 aromatic carbocycles. The Labute approximate surface area is 193 Å². The van der Waals surface area contributed by atoms with Crippen LogP contribution in [0.3, 0.4) is 0 Å². The Morgan fingerprint density at radius 1 is 1.06 bits per heavy atom. The van der Waals surface area contributed by atoms with Crippen molar-refractivity contribution >= 4 is 22.4 Å². The van der Waals surface area contributed by atoms with E-state index in [1.807, 2.05) is 30.5 Å². The van der Waals surface area contributed by atoms with Crippen molar-refractivity contribution in [2.24, 2.45) is 16.6 Å². The minimum Gasteiger partial charge on any atom is -0.490 e. The van der Waals surface area contributed by atoms with Crippen LogP contribution in [0.25, 0.3) is 22.0 Å². The van der Waals surface area contributed by atoms with Gasteiger partial charge in [0.25, 0.3) is 0 Å². The Bertz CT molecular complexity index is 1310. The van der Waals surface area contributed by atoms with E-state index in [-0.39, 0.29) is 6.04 Å². The molecule has 4 aromatic rings. The predicted octanol–water partition coefficient (Wildman–Crippen LogP) is 4.75. The first-order valence-corrected chi connectivity index (χ1v) is 11.3. The summed E-state index contributed by atoms with van der Waals surface area (Å²) in [5, 5.41) is 12.1. The van der Waals surface area contributed by atoms with E-state index in [1.54, 1.807) is 6.20 Å². The number of anilines is 1. The molecule has 7 heteroatoms. The number of nitrogens with zero attached hydrogens (tertiary/aromatic N) is 3. The third-order valence-electron chi connectivity index (χ3n) is 5.75. The summed E-state index contributed by atoms with van der Waals surface area (Å²) in [5.74, 6) is 2.03. The number of nitrogens with two attached hydrogens (primary N) is 1. The molecule has 168 valence electrons. The predicted molar refractivity (Wildman–Crippen MR) is 133 cm³/mol. The lowest BCUT2D eigenvalue weighted by atomic mass is 10.0. The molecular formula is C26H28N6O. The van der Waals surface area contributed by atoms with Gasteiger partial charge in [0.05, 0.1) is 18.3 Å². The second-order valence-corrected chi connectivity index (χ2v) is 8.89. The average Bonchev–Trinajstić information content (AvgIpc) is 3.25. The molecule has 0 spiro atoms. The molecule has 1 aliphatic rings. The van der Waals surface area contributed by atoms with Gasteiger partial charge in [0.2, 0.25) is 0 Å². The molecule has 33 heavy (non-hydrogen) atoms. The molecule has 0 fully saturated rings. The van der Waals surface area contributed by atoms with Gasteiger partial charge < -0.3 is 15.8 Å². The van der Waals surface area contributed by atoms with E-state index in [9.17, 15) is 0 Å². The number of hydrogen-bond acceptors (Lipinski definition) is 6. The van der Waals surface area contributed by atoms with E-state index >= 15 is 0 Å². The summed E-state index contributed by atoms with van der Waals surface area (Å²) in [5.41, 5.74) is 12.2. The van der Waals surface area contributed by atoms with Crippen molar-refractivity contribution in [3.8, 4) is 16.9 Å². The molecule has 0 aliphatic carbocycles. The Morgan fingerprint density at radius 3 is 2.82 bits per heavy atom. The first-order valence-electron chi connectivity index (χ1n) is 11.3. The number of amidine groups is 1. The SMILES string of the molecule is CC(C)C[C@H](N)COc1cncc(-c2ccc3[nH]nc(C4=NCc5ccccc5N4)c3c2)c1. The van der Waals surface area contributed by atoms with Gasteiger partial charge in [-0.2, -0.15) is 5.10 Å². The highest BCUT2D eigenvalue weighted by atomic mass is 16.5. The highest BCUT2D eigenvalue weighted by Crippen LogP contribution is 2.29. The van der Waals surface area contributed by atoms with Crippen LogP contribution < -0.4 is 15.8 Å². The number of H-pyrrole nitrogens is 1. The van der Waals surface area contributed by atoms with Crippen LogP contribution in [0.1, 0.15) is 31.5 Å². The summed E-state index contributed by atoms with van der Waals surface area (Å²) in [7, 11) is 0. The summed E-state index contributed by atoms with van der Waals surface area (Å²) >= 11 is 0. The van der Waals surface area contributed by atoms with Crippen LogP contribution in [0.2, 0.25) is 0 Å². The topological polar surface area (TPSA) is 101 Å². The van der Waals surface area contributed by atoms with Crippen molar-refractivity contribution < 1.29 is 4.74 Å². The summed E-state index contributed by atoms with van der Waals surface area (Å²) in [6, 6.07) is 16.4. The third kappa shape index (κ3) is 4.59. The molecule has 2 aromatic heterocycles. The molecule has 0 saturated heterocycles. The zero-order valence-corrected chi connectivity index (χ0v) is 18.9. The number of para-hydroxylation sites is 1. The molecule has 5 rings (SSSR count). The Hall–Kier alpha value is -3.71. The number of pyridine rings is 1. The zero-order valence-electron chi connectivity index (χ0n) is 18.9. The maximum atomic E-state index is 6.17. The average molecular weight is 441 g/mol. The molecule has 0 amide bonds. The van der Waals surface area contributed by atoms with Crippen LogP contribution in [0.15, 0.2) is 65.9 Å². The highest BCUT2D eigenvalue weighted by molar-refractivity contribution is 6.15. The second-order valence-electron chi connectivity index (χ2n) is 8.89. The molecule has 0 radical (unpaired) electrons. The van der Waals surface area contributed by atoms with Crippen LogP contribution in [-0.2, 0) is 6.54 Å². The minimum absolute atomic E-state index is 0.00685. The molecule has 4 N–H and O–H groups in total. The fraction of sp³-hybridized carbons (Fsp3) is 0.269. The molecule has 3 heterocycles. The number of aromatic amines is 1. The van der Waals surface area contributed by atoms with Crippen molar-refractivity contribution in [2.75, 3.05) is 11.9 Å². The maximum absolute atomic E-state index is 6.17. The van der Waals surface area contributed by atoms with E-state index in [4.69, 9.17) is 15.5 Å². The van der Waals surface area contributed by atoms with Crippen LogP contribution in [0.5, 0.6) is 5.75 Å². The van der Waals surface area contributed by atoms with E-state index < -0.39 is 0 Å². The third-order valence-corrected chi connectivity index (χ3v) is 5.75. The highest BCUT2D eigenvalue weighted by Gasteiger charge is 2.18. The van der Waals surface area contributed by atoms with Crippen molar-refractivity contribution in [2.45, 2.75) is 32.9 Å². The first kappa shape index (κ1) is 21.2. The van der Waals surface area contributed by atoms with E-state index in [0.29, 0.717) is 24.8 Å². The van der Waals surface area contributed by atoms with Gasteiger partial charge in [0.1, 0.15) is 18.1 Å². The number of ether oxygens (including phenoxy) is 1. The maximum Gasteiger partial charge on any atom is 0.154 e. The Kier molecular flexibility index (Phi) is 5.79. The monoisotopic (exact) mass is 440 g/mol. The van der Waals surface area contributed by atoms with Crippen molar-refractivity contribution in [1.29, 1.82) is 0 Å². The molecule has 7 nitrogen and oxygen atoms in total. The summed E-state index contributed by atoms with van der Waals surface area (Å²) in [6.07, 6.45) is 4.50. The van der Waals surface area contributed by atoms with Crippen molar-refractivity contribution in [3.05, 3.63) is 72.2 Å². The minimum atomic E-state index is 0.00685. The van der Waals surface area contributed by atoms with Gasteiger partial charge in [-0.3, -0.25) is 15.1 Å². The van der Waals surface area contributed by atoms with Gasteiger partial charge in [0.15, 0.2) is 5.84 Å². The van der Waals surface area contributed by atoms with Crippen molar-refractivity contribution in [1.82, 2.24) is 15.2 Å².